The Balaban J connectivity index is 1.63. The molecule has 1 aliphatic rings. The number of nitrogens with zero attached hydrogens (tertiary/aromatic N) is 4. The summed E-state index contributed by atoms with van der Waals surface area (Å²) in [4.78, 5) is 13.8. The van der Waals surface area contributed by atoms with Crippen LogP contribution in [0.2, 0.25) is 0 Å². The first-order valence-corrected chi connectivity index (χ1v) is 9.68. The van der Waals surface area contributed by atoms with Crippen LogP contribution in [-0.2, 0) is 4.74 Å². The van der Waals surface area contributed by atoms with Crippen LogP contribution in [0.15, 0.2) is 53.7 Å². The maximum Gasteiger partial charge on any atom is 0.194 e. The number of rotatable bonds is 6. The first-order chi connectivity index (χ1) is 13.7. The van der Waals surface area contributed by atoms with Gasteiger partial charge in [0.25, 0.3) is 0 Å². The number of aromatic nitrogens is 1. The predicted octanol–water partition coefficient (Wildman–Crippen LogP) is 2.70. The molecule has 1 unspecified atom stereocenters. The zero-order valence-corrected chi connectivity index (χ0v) is 16.5. The fourth-order valence-electron chi connectivity index (χ4n) is 3.28. The lowest BCUT2D eigenvalue weighted by molar-refractivity contribution is 0.110. The smallest absolute Gasteiger partial charge is 0.194 e. The summed E-state index contributed by atoms with van der Waals surface area (Å²) in [5.74, 6) is 1.65. The molecule has 7 heteroatoms. The SMILES string of the molecule is CCNC(=NCC(OC)c1ccc(F)cc1)N1CCN(c2ccccn2)CC1. The number of hydrogen-bond donors (Lipinski definition) is 1. The first kappa shape index (κ1) is 20.1. The lowest BCUT2D eigenvalue weighted by atomic mass is 10.1. The van der Waals surface area contributed by atoms with E-state index in [-0.39, 0.29) is 11.9 Å². The fourth-order valence-corrected chi connectivity index (χ4v) is 3.28. The number of anilines is 1. The van der Waals surface area contributed by atoms with Crippen molar-refractivity contribution in [1.82, 2.24) is 15.2 Å². The zero-order valence-electron chi connectivity index (χ0n) is 16.5. The summed E-state index contributed by atoms with van der Waals surface area (Å²) < 4.78 is 18.7. The quantitative estimate of drug-likeness (QED) is 0.612. The van der Waals surface area contributed by atoms with Gasteiger partial charge in [0, 0.05) is 46.0 Å². The molecule has 0 spiro atoms. The van der Waals surface area contributed by atoms with Crippen LogP contribution in [0.4, 0.5) is 10.2 Å². The number of halogens is 1. The molecular weight excluding hydrogens is 357 g/mol. The minimum absolute atomic E-state index is 0.205. The highest BCUT2D eigenvalue weighted by Crippen LogP contribution is 2.18. The van der Waals surface area contributed by atoms with Crippen LogP contribution in [0.3, 0.4) is 0 Å². The van der Waals surface area contributed by atoms with E-state index in [9.17, 15) is 4.39 Å². The predicted molar refractivity (Wildman–Crippen MR) is 110 cm³/mol. The molecule has 0 saturated carbocycles. The Kier molecular flexibility index (Phi) is 7.19. The Morgan fingerprint density at radius 1 is 1.18 bits per heavy atom. The standard InChI is InChI=1S/C21H28FN5O/c1-3-23-21(25-16-19(28-2)17-7-9-18(22)10-8-17)27-14-12-26(13-15-27)20-6-4-5-11-24-20/h4-11,19H,3,12-16H2,1-2H3,(H,23,25). The molecule has 3 rings (SSSR count). The summed E-state index contributed by atoms with van der Waals surface area (Å²) >= 11 is 0. The van der Waals surface area contributed by atoms with Crippen LogP contribution in [0.25, 0.3) is 0 Å². The van der Waals surface area contributed by atoms with Crippen molar-refractivity contribution in [2.45, 2.75) is 13.0 Å². The van der Waals surface area contributed by atoms with Gasteiger partial charge in [0.1, 0.15) is 17.7 Å². The van der Waals surface area contributed by atoms with E-state index in [1.165, 1.54) is 12.1 Å². The van der Waals surface area contributed by atoms with E-state index < -0.39 is 0 Å². The van der Waals surface area contributed by atoms with Gasteiger partial charge in [0.15, 0.2) is 5.96 Å². The molecule has 2 aromatic rings. The van der Waals surface area contributed by atoms with Gasteiger partial charge in [-0.3, -0.25) is 4.99 Å². The molecular formula is C21H28FN5O. The molecule has 6 nitrogen and oxygen atoms in total. The number of guanidine groups is 1. The van der Waals surface area contributed by atoms with Crippen molar-refractivity contribution in [2.24, 2.45) is 4.99 Å². The van der Waals surface area contributed by atoms with E-state index in [0.29, 0.717) is 6.54 Å². The number of methoxy groups -OCH3 is 1. The zero-order chi connectivity index (χ0) is 19.8. The van der Waals surface area contributed by atoms with E-state index >= 15 is 0 Å². The molecule has 28 heavy (non-hydrogen) atoms. The molecule has 0 amide bonds. The van der Waals surface area contributed by atoms with Crippen LogP contribution in [0, 0.1) is 5.82 Å². The molecule has 0 bridgehead atoms. The molecule has 1 fully saturated rings. The van der Waals surface area contributed by atoms with Gasteiger partial charge in [-0.15, -0.1) is 0 Å². The Morgan fingerprint density at radius 3 is 2.54 bits per heavy atom. The van der Waals surface area contributed by atoms with Gasteiger partial charge in [0.05, 0.1) is 6.54 Å². The molecule has 1 aliphatic heterocycles. The summed E-state index contributed by atoms with van der Waals surface area (Å²) in [6.45, 7) is 6.87. The van der Waals surface area contributed by atoms with Gasteiger partial charge < -0.3 is 19.9 Å². The minimum Gasteiger partial charge on any atom is -0.375 e. The van der Waals surface area contributed by atoms with Crippen molar-refractivity contribution in [3.63, 3.8) is 0 Å². The Labute approximate surface area is 166 Å². The monoisotopic (exact) mass is 385 g/mol. The van der Waals surface area contributed by atoms with Crippen molar-refractivity contribution in [3.05, 3.63) is 60.0 Å². The molecule has 0 radical (unpaired) electrons. The summed E-state index contributed by atoms with van der Waals surface area (Å²) in [6.07, 6.45) is 1.62. The second-order valence-electron chi connectivity index (χ2n) is 6.63. The van der Waals surface area contributed by atoms with Crippen LogP contribution < -0.4 is 10.2 Å². The Morgan fingerprint density at radius 2 is 1.93 bits per heavy atom. The lowest BCUT2D eigenvalue weighted by Crippen LogP contribution is -2.52. The second kappa shape index (κ2) is 10.0. The van der Waals surface area contributed by atoms with Gasteiger partial charge in [-0.2, -0.15) is 0 Å². The van der Waals surface area contributed by atoms with Crippen LogP contribution >= 0.6 is 0 Å². The van der Waals surface area contributed by atoms with Crippen molar-refractivity contribution in [2.75, 3.05) is 51.3 Å². The first-order valence-electron chi connectivity index (χ1n) is 9.68. The Bertz CT molecular complexity index is 745. The average Bonchev–Trinajstić information content (AvgIpc) is 2.75. The number of hydrogen-bond acceptors (Lipinski definition) is 4. The number of ether oxygens (including phenoxy) is 1. The van der Waals surface area contributed by atoms with E-state index in [4.69, 9.17) is 9.73 Å². The number of benzene rings is 1. The van der Waals surface area contributed by atoms with Gasteiger partial charge in [-0.25, -0.2) is 9.37 Å². The topological polar surface area (TPSA) is 53.0 Å². The fraction of sp³-hybridized carbons (Fsp3) is 0.429. The number of pyridine rings is 1. The van der Waals surface area contributed by atoms with Crippen molar-refractivity contribution in [1.29, 1.82) is 0 Å². The van der Waals surface area contributed by atoms with Gasteiger partial charge in [-0.05, 0) is 36.8 Å². The molecule has 1 N–H and O–H groups in total. The summed E-state index contributed by atoms with van der Waals surface area (Å²) in [5, 5.41) is 3.37. The van der Waals surface area contributed by atoms with E-state index in [1.54, 1.807) is 19.2 Å². The highest BCUT2D eigenvalue weighted by molar-refractivity contribution is 5.80. The van der Waals surface area contributed by atoms with Crippen LogP contribution in [0.1, 0.15) is 18.6 Å². The number of piperazine rings is 1. The van der Waals surface area contributed by atoms with Crippen molar-refractivity contribution >= 4 is 11.8 Å². The van der Waals surface area contributed by atoms with Gasteiger partial charge >= 0.3 is 0 Å². The normalized spacial score (nSPS) is 16.2. The molecule has 0 aliphatic carbocycles. The lowest BCUT2D eigenvalue weighted by Gasteiger charge is -2.37. The van der Waals surface area contributed by atoms with E-state index in [2.05, 4.69) is 27.0 Å². The molecule has 1 aromatic heterocycles. The molecule has 1 atom stereocenters. The third-order valence-electron chi connectivity index (χ3n) is 4.82. The molecule has 150 valence electrons. The van der Waals surface area contributed by atoms with E-state index in [0.717, 1.165) is 50.1 Å². The summed E-state index contributed by atoms with van der Waals surface area (Å²) in [6, 6.07) is 12.4. The largest absolute Gasteiger partial charge is 0.375 e. The minimum atomic E-state index is -0.249. The highest BCUT2D eigenvalue weighted by atomic mass is 19.1. The van der Waals surface area contributed by atoms with Gasteiger partial charge in [-0.1, -0.05) is 18.2 Å². The van der Waals surface area contributed by atoms with Crippen molar-refractivity contribution < 1.29 is 9.13 Å². The summed E-state index contributed by atoms with van der Waals surface area (Å²) in [5.41, 5.74) is 0.920. The third kappa shape index (κ3) is 5.19. The Hall–Kier alpha value is -2.67. The van der Waals surface area contributed by atoms with Crippen molar-refractivity contribution in [3.8, 4) is 0 Å². The maximum atomic E-state index is 13.2. The molecule has 1 saturated heterocycles. The van der Waals surface area contributed by atoms with Crippen LogP contribution in [0.5, 0.6) is 0 Å². The molecule has 1 aromatic carbocycles. The number of aliphatic imine (C=N–C) groups is 1. The maximum absolute atomic E-state index is 13.2. The average molecular weight is 385 g/mol. The highest BCUT2D eigenvalue weighted by Gasteiger charge is 2.21. The molecule has 2 heterocycles. The second-order valence-corrected chi connectivity index (χ2v) is 6.63. The van der Waals surface area contributed by atoms with Gasteiger partial charge in [0.2, 0.25) is 0 Å². The van der Waals surface area contributed by atoms with Crippen LogP contribution in [-0.4, -0.2) is 62.2 Å². The van der Waals surface area contributed by atoms with E-state index in [1.807, 2.05) is 24.4 Å². The third-order valence-corrected chi connectivity index (χ3v) is 4.82. The summed E-state index contributed by atoms with van der Waals surface area (Å²) in [7, 11) is 1.65. The number of nitrogens with one attached hydrogen (secondary N) is 1.